The molecule has 2 atom stereocenters. The van der Waals surface area contributed by atoms with Crippen LogP contribution in [0.3, 0.4) is 0 Å². The van der Waals surface area contributed by atoms with Gasteiger partial charge in [0.15, 0.2) is 0 Å². The van der Waals surface area contributed by atoms with Gasteiger partial charge in [0.25, 0.3) is 0 Å². The highest BCUT2D eigenvalue weighted by Gasteiger charge is 2.20. The molecular weight excluding hydrogens is 1130 g/mol. The van der Waals surface area contributed by atoms with Gasteiger partial charge in [-0.3, -0.25) is 9.59 Å². The molecule has 550 valence electrons. The van der Waals surface area contributed by atoms with Gasteiger partial charge >= 0.3 is 5.97 Å². The summed E-state index contributed by atoms with van der Waals surface area (Å²) in [5.41, 5.74) is 0. The lowest BCUT2D eigenvalue weighted by Crippen LogP contribution is -2.45. The van der Waals surface area contributed by atoms with Crippen LogP contribution in [-0.4, -0.2) is 47.4 Å². The minimum atomic E-state index is -0.662. The summed E-state index contributed by atoms with van der Waals surface area (Å²) in [5.74, 6) is 0.00455. The van der Waals surface area contributed by atoms with Gasteiger partial charge < -0.3 is 20.3 Å². The van der Waals surface area contributed by atoms with Crippen LogP contribution in [0, 0.1) is 0 Å². The fourth-order valence-corrected chi connectivity index (χ4v) is 14.4. The Kier molecular flexibility index (Phi) is 81.3. The zero-order valence-electron chi connectivity index (χ0n) is 63.3. The molecule has 1 amide bonds. The summed E-state index contributed by atoms with van der Waals surface area (Å²) in [7, 11) is 0. The maximum absolute atomic E-state index is 12.6. The molecule has 2 unspecified atom stereocenters. The summed E-state index contributed by atoms with van der Waals surface area (Å²) in [6.07, 6.45) is 104. The lowest BCUT2D eigenvalue weighted by molar-refractivity contribution is -0.143. The summed E-state index contributed by atoms with van der Waals surface area (Å²) in [5, 5.41) is 23.5. The van der Waals surface area contributed by atoms with E-state index in [1.165, 1.54) is 443 Å². The predicted octanol–water partition coefficient (Wildman–Crippen LogP) is 28.8. The lowest BCUT2D eigenvalue weighted by atomic mass is 10.0. The Bertz CT molecular complexity index is 1360. The van der Waals surface area contributed by atoms with Gasteiger partial charge in [0.1, 0.15) is 0 Å². The Hall–Kier alpha value is -1.14. The molecule has 0 saturated heterocycles. The van der Waals surface area contributed by atoms with Gasteiger partial charge in [-0.2, -0.15) is 0 Å². The molecule has 0 heterocycles. The van der Waals surface area contributed by atoms with Gasteiger partial charge in [-0.15, -0.1) is 0 Å². The normalized spacial score (nSPS) is 12.3. The third-order valence-corrected chi connectivity index (χ3v) is 20.9. The quantitative estimate of drug-likeness (QED) is 0.0417. The molecule has 0 bridgehead atoms. The van der Waals surface area contributed by atoms with Crippen molar-refractivity contribution >= 4 is 11.9 Å². The first-order chi connectivity index (χ1) is 45.5. The molecule has 0 aliphatic rings. The standard InChI is InChI=1S/C86H171NO5/c1-3-5-7-9-11-13-15-17-19-21-22-23-24-34-37-40-43-47-50-54-58-62-66-70-74-78-84(89)83(82-88)87-85(90)79-75-71-67-63-59-55-51-48-44-41-38-35-32-30-28-26-25-27-29-31-33-36-39-42-45-49-53-57-61-65-69-73-77-81-92-86(91)80-76-72-68-64-60-56-52-46-20-18-16-14-12-10-8-6-4-2/h83-84,88-89H,3-82H2,1-2H3,(H,87,90). The molecule has 0 aliphatic heterocycles. The SMILES string of the molecule is CCCCCCCCCCCCCCCCCCCCCCCCCCCC(O)C(CO)NC(=O)CCCCCCCCCCCCCCCCCCCCCCCCCCCCCCCCCCCOC(=O)CCCCCCCCCCCCCCCCCCC. The van der Waals surface area contributed by atoms with Gasteiger partial charge in [0.2, 0.25) is 5.91 Å². The van der Waals surface area contributed by atoms with Gasteiger partial charge in [0, 0.05) is 12.8 Å². The molecule has 0 radical (unpaired) electrons. The van der Waals surface area contributed by atoms with E-state index in [1.54, 1.807) is 0 Å². The zero-order valence-corrected chi connectivity index (χ0v) is 63.3. The van der Waals surface area contributed by atoms with Crippen LogP contribution in [0.25, 0.3) is 0 Å². The average molecular weight is 1300 g/mol. The molecule has 3 N–H and O–H groups in total. The van der Waals surface area contributed by atoms with Crippen molar-refractivity contribution in [3.63, 3.8) is 0 Å². The molecule has 0 aromatic carbocycles. The van der Waals surface area contributed by atoms with E-state index in [4.69, 9.17) is 4.74 Å². The van der Waals surface area contributed by atoms with E-state index in [0.717, 1.165) is 38.5 Å². The molecule has 92 heavy (non-hydrogen) atoms. The van der Waals surface area contributed by atoms with Gasteiger partial charge in [-0.25, -0.2) is 0 Å². The van der Waals surface area contributed by atoms with Crippen LogP contribution in [0.4, 0.5) is 0 Å². The molecule has 0 aromatic rings. The number of carbonyl (C=O) groups is 2. The zero-order chi connectivity index (χ0) is 66.3. The van der Waals surface area contributed by atoms with Crippen molar-refractivity contribution in [1.82, 2.24) is 5.32 Å². The molecule has 0 rings (SSSR count). The number of nitrogens with one attached hydrogen (secondary N) is 1. The highest BCUT2D eigenvalue weighted by molar-refractivity contribution is 5.76. The Morgan fingerprint density at radius 3 is 0.663 bits per heavy atom. The molecular formula is C86H171NO5. The van der Waals surface area contributed by atoms with Crippen LogP contribution in [0.15, 0.2) is 0 Å². The van der Waals surface area contributed by atoms with Crippen molar-refractivity contribution in [2.24, 2.45) is 0 Å². The summed E-state index contributed by atoms with van der Waals surface area (Å²) in [4.78, 5) is 24.7. The molecule has 0 spiro atoms. The second-order valence-corrected chi connectivity index (χ2v) is 30.2. The smallest absolute Gasteiger partial charge is 0.305 e. The maximum atomic E-state index is 12.6. The minimum absolute atomic E-state index is 0.0229. The van der Waals surface area contributed by atoms with E-state index in [9.17, 15) is 19.8 Å². The number of esters is 1. The monoisotopic (exact) mass is 1300 g/mol. The Balaban J connectivity index is 3.31. The first kappa shape index (κ1) is 90.9. The van der Waals surface area contributed by atoms with Crippen molar-refractivity contribution in [1.29, 1.82) is 0 Å². The molecule has 6 heteroatoms. The third kappa shape index (κ3) is 77.9. The Morgan fingerprint density at radius 1 is 0.261 bits per heavy atom. The van der Waals surface area contributed by atoms with Gasteiger partial charge in [-0.1, -0.05) is 476 Å². The topological polar surface area (TPSA) is 95.9 Å². The predicted molar refractivity (Wildman–Crippen MR) is 407 cm³/mol. The second kappa shape index (κ2) is 82.3. The van der Waals surface area contributed by atoms with E-state index in [0.29, 0.717) is 25.9 Å². The van der Waals surface area contributed by atoms with Crippen molar-refractivity contribution < 1.29 is 24.5 Å². The lowest BCUT2D eigenvalue weighted by Gasteiger charge is -2.22. The van der Waals surface area contributed by atoms with Crippen LogP contribution < -0.4 is 5.32 Å². The molecule has 0 aromatic heterocycles. The number of carbonyl (C=O) groups excluding carboxylic acids is 2. The summed E-state index contributed by atoms with van der Waals surface area (Å²) >= 11 is 0. The minimum Gasteiger partial charge on any atom is -0.466 e. The molecule has 6 nitrogen and oxygen atoms in total. The van der Waals surface area contributed by atoms with E-state index in [1.807, 2.05) is 0 Å². The van der Waals surface area contributed by atoms with Crippen molar-refractivity contribution in [3.05, 3.63) is 0 Å². The van der Waals surface area contributed by atoms with Crippen LogP contribution in [0.5, 0.6) is 0 Å². The first-order valence-electron chi connectivity index (χ1n) is 43.3. The largest absolute Gasteiger partial charge is 0.466 e. The highest BCUT2D eigenvalue weighted by Crippen LogP contribution is 2.21. The third-order valence-electron chi connectivity index (χ3n) is 20.9. The van der Waals surface area contributed by atoms with Crippen LogP contribution in [0.2, 0.25) is 0 Å². The Labute approximate surface area is 578 Å². The Morgan fingerprint density at radius 2 is 0.446 bits per heavy atom. The van der Waals surface area contributed by atoms with Crippen molar-refractivity contribution in [3.8, 4) is 0 Å². The fourth-order valence-electron chi connectivity index (χ4n) is 14.4. The number of ether oxygens (including phenoxy) is 1. The fraction of sp³-hybridized carbons (Fsp3) is 0.977. The van der Waals surface area contributed by atoms with Crippen molar-refractivity contribution in [2.75, 3.05) is 13.2 Å². The number of aliphatic hydroxyl groups is 2. The van der Waals surface area contributed by atoms with Gasteiger partial charge in [-0.05, 0) is 25.7 Å². The van der Waals surface area contributed by atoms with E-state index in [2.05, 4.69) is 19.2 Å². The molecule has 0 aliphatic carbocycles. The van der Waals surface area contributed by atoms with Crippen LogP contribution in [0.1, 0.15) is 515 Å². The van der Waals surface area contributed by atoms with Crippen LogP contribution >= 0.6 is 0 Å². The summed E-state index contributed by atoms with van der Waals surface area (Å²) in [6, 6.07) is -0.538. The number of unbranched alkanes of at least 4 members (excludes halogenated alkanes) is 72. The number of rotatable bonds is 83. The first-order valence-corrected chi connectivity index (χ1v) is 43.3. The number of hydrogen-bond donors (Lipinski definition) is 3. The highest BCUT2D eigenvalue weighted by atomic mass is 16.5. The van der Waals surface area contributed by atoms with Crippen molar-refractivity contribution in [2.45, 2.75) is 527 Å². The molecule has 0 fully saturated rings. The van der Waals surface area contributed by atoms with Crippen LogP contribution in [-0.2, 0) is 14.3 Å². The number of hydrogen-bond acceptors (Lipinski definition) is 5. The van der Waals surface area contributed by atoms with E-state index in [-0.39, 0.29) is 18.5 Å². The summed E-state index contributed by atoms with van der Waals surface area (Å²) < 4.78 is 5.52. The average Bonchev–Trinajstić information content (AvgIpc) is 3.76. The summed E-state index contributed by atoms with van der Waals surface area (Å²) in [6.45, 7) is 5.03. The maximum Gasteiger partial charge on any atom is 0.305 e. The van der Waals surface area contributed by atoms with Gasteiger partial charge in [0.05, 0.1) is 25.4 Å². The number of aliphatic hydroxyl groups excluding tert-OH is 2. The van der Waals surface area contributed by atoms with E-state index < -0.39 is 12.1 Å². The number of amides is 1. The second-order valence-electron chi connectivity index (χ2n) is 30.2. The molecule has 0 saturated carbocycles. The van der Waals surface area contributed by atoms with E-state index >= 15 is 0 Å².